The Morgan fingerprint density at radius 3 is 1.34 bits per heavy atom. The van der Waals surface area contributed by atoms with Gasteiger partial charge >= 0.3 is 0 Å². The maximum atomic E-state index is 6.99. The highest BCUT2D eigenvalue weighted by Gasteiger charge is 2.31. The van der Waals surface area contributed by atoms with Crippen LogP contribution in [0.5, 0.6) is 0 Å². The second-order valence-corrected chi connectivity index (χ2v) is 14.4. The van der Waals surface area contributed by atoms with Crippen molar-refractivity contribution in [3.63, 3.8) is 0 Å². The molecule has 0 atom stereocenters. The van der Waals surface area contributed by atoms with Crippen molar-refractivity contribution in [1.29, 1.82) is 0 Å². The Kier molecular flexibility index (Phi) is 10.1. The van der Waals surface area contributed by atoms with Gasteiger partial charge in [0.2, 0.25) is 0 Å². The standard InChI is InChI=1S/C44H48O2S/c1-3-5-21-37-38(22-6-4-2)44(42-36-26-16-14-24-34(36)40(46-42)30-28-32-19-11-8-12-20-32)47-43(37)41-35-25-15-13-23-33(35)39(45-41)29-27-31-17-9-7-10-18-31/h7-12,17-20,27-30H,3-6,13-16,21-26H2,1-2H3/b29-27+,30-28+. The molecule has 0 amide bonds. The maximum absolute atomic E-state index is 6.99. The molecule has 0 saturated carbocycles. The second-order valence-electron chi connectivity index (χ2n) is 13.3. The van der Waals surface area contributed by atoms with E-state index >= 15 is 0 Å². The van der Waals surface area contributed by atoms with E-state index in [0.717, 1.165) is 61.6 Å². The minimum Gasteiger partial charge on any atom is -0.455 e. The molecule has 0 fully saturated rings. The fourth-order valence-corrected chi connectivity index (χ4v) is 8.95. The van der Waals surface area contributed by atoms with Gasteiger partial charge in [-0.15, -0.1) is 11.3 Å². The predicted molar refractivity (Wildman–Crippen MR) is 201 cm³/mol. The third-order valence-electron chi connectivity index (χ3n) is 10.0. The van der Waals surface area contributed by atoms with Crippen LogP contribution in [0.4, 0.5) is 0 Å². The van der Waals surface area contributed by atoms with E-state index < -0.39 is 0 Å². The first kappa shape index (κ1) is 31.8. The quantitative estimate of drug-likeness (QED) is 0.136. The molecule has 242 valence electrons. The molecule has 0 bridgehead atoms. The molecule has 5 aromatic rings. The SMILES string of the molecule is CCCCc1c(-c2oc(/C=C/c3ccccc3)c3c2CCCC3)sc(-c2oc(/C=C/c3ccccc3)c3c2CCCC3)c1CCCC. The number of hydrogen-bond donors (Lipinski definition) is 0. The van der Waals surface area contributed by atoms with Crippen molar-refractivity contribution in [3.05, 3.63) is 117 Å². The van der Waals surface area contributed by atoms with E-state index in [2.05, 4.69) is 98.8 Å². The molecule has 2 aliphatic carbocycles. The molecular formula is C44H48O2S. The summed E-state index contributed by atoms with van der Waals surface area (Å²) in [6, 6.07) is 21.2. The van der Waals surface area contributed by atoms with Crippen LogP contribution in [-0.2, 0) is 38.5 Å². The van der Waals surface area contributed by atoms with Gasteiger partial charge in [0.25, 0.3) is 0 Å². The first-order chi connectivity index (χ1) is 23.2. The van der Waals surface area contributed by atoms with Crippen LogP contribution in [0.25, 0.3) is 45.6 Å². The van der Waals surface area contributed by atoms with Crippen molar-refractivity contribution in [1.82, 2.24) is 0 Å². The number of rotatable bonds is 12. The van der Waals surface area contributed by atoms with Crippen LogP contribution in [0.1, 0.15) is 121 Å². The first-order valence-electron chi connectivity index (χ1n) is 18.2. The van der Waals surface area contributed by atoms with Gasteiger partial charge in [-0.2, -0.15) is 0 Å². The zero-order valence-corrected chi connectivity index (χ0v) is 29.0. The third kappa shape index (κ3) is 6.79. The smallest absolute Gasteiger partial charge is 0.148 e. The van der Waals surface area contributed by atoms with Crippen molar-refractivity contribution in [2.45, 2.75) is 104 Å². The van der Waals surface area contributed by atoms with Crippen LogP contribution in [0.15, 0.2) is 69.5 Å². The summed E-state index contributed by atoms with van der Waals surface area (Å²) in [5.41, 5.74) is 11.2. The number of benzene rings is 2. The van der Waals surface area contributed by atoms with Gasteiger partial charge in [-0.05, 0) is 111 Å². The average Bonchev–Trinajstić information content (AvgIpc) is 3.80. The lowest BCUT2D eigenvalue weighted by molar-refractivity contribution is 0.567. The fourth-order valence-electron chi connectivity index (χ4n) is 7.53. The van der Waals surface area contributed by atoms with E-state index in [4.69, 9.17) is 8.83 Å². The monoisotopic (exact) mass is 640 g/mol. The van der Waals surface area contributed by atoms with Gasteiger partial charge < -0.3 is 8.83 Å². The zero-order valence-electron chi connectivity index (χ0n) is 28.2. The topological polar surface area (TPSA) is 26.3 Å². The van der Waals surface area contributed by atoms with E-state index in [9.17, 15) is 0 Å². The van der Waals surface area contributed by atoms with Crippen molar-refractivity contribution in [2.24, 2.45) is 0 Å². The van der Waals surface area contributed by atoms with E-state index in [-0.39, 0.29) is 0 Å². The molecule has 3 heteroatoms. The van der Waals surface area contributed by atoms with Crippen LogP contribution in [-0.4, -0.2) is 0 Å². The van der Waals surface area contributed by atoms with E-state index in [1.54, 1.807) is 0 Å². The Balaban J connectivity index is 1.38. The summed E-state index contributed by atoms with van der Waals surface area (Å²) >= 11 is 1.96. The molecule has 3 heterocycles. The molecule has 2 aliphatic rings. The molecule has 47 heavy (non-hydrogen) atoms. The van der Waals surface area contributed by atoms with Crippen LogP contribution in [0.2, 0.25) is 0 Å². The Labute approximate surface area is 285 Å². The molecule has 0 unspecified atom stereocenters. The number of unbranched alkanes of at least 4 members (excludes halogenated alkanes) is 2. The molecule has 0 saturated heterocycles. The molecule has 3 aromatic heterocycles. The van der Waals surface area contributed by atoms with E-state index in [1.807, 2.05) is 11.3 Å². The number of fused-ring (bicyclic) bond motifs is 2. The molecule has 7 rings (SSSR count). The molecule has 0 aliphatic heterocycles. The van der Waals surface area contributed by atoms with Crippen molar-refractivity contribution in [2.75, 3.05) is 0 Å². The molecule has 2 nitrogen and oxygen atoms in total. The Bertz CT molecular complexity index is 1710. The first-order valence-corrected chi connectivity index (χ1v) is 19.0. The zero-order chi connectivity index (χ0) is 32.0. The van der Waals surface area contributed by atoms with Crippen LogP contribution < -0.4 is 0 Å². The van der Waals surface area contributed by atoms with Crippen molar-refractivity contribution < 1.29 is 8.83 Å². The molecule has 0 N–H and O–H groups in total. The largest absolute Gasteiger partial charge is 0.455 e. The number of furan rings is 2. The van der Waals surface area contributed by atoms with Crippen LogP contribution >= 0.6 is 11.3 Å². The molecular weight excluding hydrogens is 593 g/mol. The van der Waals surface area contributed by atoms with Gasteiger partial charge in [0.15, 0.2) is 0 Å². The summed E-state index contributed by atoms with van der Waals surface area (Å²) in [5, 5.41) is 0. The lowest BCUT2D eigenvalue weighted by atomic mass is 9.89. The lowest BCUT2D eigenvalue weighted by Crippen LogP contribution is -2.02. The Hall–Kier alpha value is -3.82. The van der Waals surface area contributed by atoms with Crippen molar-refractivity contribution in [3.8, 4) is 21.3 Å². The van der Waals surface area contributed by atoms with E-state index in [0.29, 0.717) is 0 Å². The average molecular weight is 641 g/mol. The molecule has 0 radical (unpaired) electrons. The fraction of sp³-hybridized carbons (Fsp3) is 0.364. The summed E-state index contributed by atoms with van der Waals surface area (Å²) < 4.78 is 14.0. The van der Waals surface area contributed by atoms with Gasteiger partial charge in [0, 0.05) is 22.3 Å². The predicted octanol–water partition coefficient (Wildman–Crippen LogP) is 13.1. The van der Waals surface area contributed by atoms with Crippen LogP contribution in [0, 0.1) is 0 Å². The number of thiophene rings is 1. The minimum absolute atomic E-state index is 1.05. The normalized spacial score (nSPS) is 14.7. The second kappa shape index (κ2) is 14.9. The van der Waals surface area contributed by atoms with Crippen LogP contribution in [0.3, 0.4) is 0 Å². The van der Waals surface area contributed by atoms with Crippen molar-refractivity contribution >= 4 is 35.6 Å². The Morgan fingerprint density at radius 1 is 0.532 bits per heavy atom. The minimum atomic E-state index is 1.05. The summed E-state index contributed by atoms with van der Waals surface area (Å²) in [4.78, 5) is 2.72. The summed E-state index contributed by atoms with van der Waals surface area (Å²) in [6.07, 6.45) is 25.1. The summed E-state index contributed by atoms with van der Waals surface area (Å²) in [5.74, 6) is 4.37. The van der Waals surface area contributed by atoms with Gasteiger partial charge in [0.05, 0.1) is 9.75 Å². The van der Waals surface area contributed by atoms with Gasteiger partial charge in [-0.3, -0.25) is 0 Å². The molecule has 2 aromatic carbocycles. The third-order valence-corrected chi connectivity index (χ3v) is 11.3. The van der Waals surface area contributed by atoms with Gasteiger partial charge in [-0.1, -0.05) is 99.5 Å². The van der Waals surface area contributed by atoms with Gasteiger partial charge in [-0.25, -0.2) is 0 Å². The summed E-state index contributed by atoms with van der Waals surface area (Å²) in [6.45, 7) is 4.63. The maximum Gasteiger partial charge on any atom is 0.148 e. The summed E-state index contributed by atoms with van der Waals surface area (Å²) in [7, 11) is 0. The lowest BCUT2D eigenvalue weighted by Gasteiger charge is -2.13. The highest BCUT2D eigenvalue weighted by molar-refractivity contribution is 7.19. The molecule has 0 spiro atoms. The van der Waals surface area contributed by atoms with Gasteiger partial charge in [0.1, 0.15) is 23.0 Å². The highest BCUT2D eigenvalue weighted by atomic mass is 32.1. The Morgan fingerprint density at radius 2 is 0.936 bits per heavy atom. The van der Waals surface area contributed by atoms with E-state index in [1.165, 1.54) is 106 Å². The number of hydrogen-bond acceptors (Lipinski definition) is 3. The highest BCUT2D eigenvalue weighted by Crippen LogP contribution is 2.50.